The van der Waals surface area contributed by atoms with Crippen molar-refractivity contribution >= 4 is 18.3 Å². The molecular weight excluding hydrogens is 296 g/mol. The van der Waals surface area contributed by atoms with Crippen molar-refractivity contribution in [2.75, 3.05) is 19.6 Å². The molecule has 0 radical (unpaired) electrons. The van der Waals surface area contributed by atoms with Gasteiger partial charge in [0.05, 0.1) is 5.41 Å². The van der Waals surface area contributed by atoms with E-state index in [0.29, 0.717) is 12.5 Å². The number of hydrogen-bond donors (Lipinski definition) is 1. The van der Waals surface area contributed by atoms with Crippen LogP contribution in [-0.4, -0.2) is 30.4 Å². The summed E-state index contributed by atoms with van der Waals surface area (Å²) in [4.78, 5) is 15.3. The number of likely N-dealkylation sites (tertiary alicyclic amines) is 1. The molecule has 1 unspecified atom stereocenters. The number of nitrogens with zero attached hydrogens (tertiary/aromatic N) is 1. The molecule has 22 heavy (non-hydrogen) atoms. The highest BCUT2D eigenvalue weighted by Gasteiger charge is 2.47. The highest BCUT2D eigenvalue weighted by Crippen LogP contribution is 2.44. The number of benzene rings is 1. The van der Waals surface area contributed by atoms with Gasteiger partial charge in [0.1, 0.15) is 0 Å². The third-order valence-electron chi connectivity index (χ3n) is 5.53. The van der Waals surface area contributed by atoms with Gasteiger partial charge in [0, 0.05) is 13.1 Å². The predicted octanol–water partition coefficient (Wildman–Crippen LogP) is 3.12. The first-order valence-corrected chi connectivity index (χ1v) is 8.15. The van der Waals surface area contributed by atoms with Crippen LogP contribution in [0.4, 0.5) is 0 Å². The van der Waals surface area contributed by atoms with Crippen LogP contribution in [0.25, 0.3) is 0 Å². The molecule has 1 aliphatic carbocycles. The SMILES string of the molecule is CC1(CN)CCN(C(=O)C2(c3ccccc3)CCCC2)C1.Cl. The molecule has 2 N–H and O–H groups in total. The van der Waals surface area contributed by atoms with E-state index in [1.807, 2.05) is 6.07 Å². The quantitative estimate of drug-likeness (QED) is 0.929. The van der Waals surface area contributed by atoms with Gasteiger partial charge in [0.2, 0.25) is 5.91 Å². The van der Waals surface area contributed by atoms with Crippen LogP contribution in [0, 0.1) is 5.41 Å². The average molecular weight is 323 g/mol. The number of halogens is 1. The van der Waals surface area contributed by atoms with Crippen LogP contribution in [-0.2, 0) is 10.2 Å². The van der Waals surface area contributed by atoms with Crippen molar-refractivity contribution < 1.29 is 4.79 Å². The second kappa shape index (κ2) is 6.59. The Morgan fingerprint density at radius 2 is 1.82 bits per heavy atom. The van der Waals surface area contributed by atoms with Gasteiger partial charge < -0.3 is 10.6 Å². The molecule has 0 aromatic heterocycles. The summed E-state index contributed by atoms with van der Waals surface area (Å²) in [6, 6.07) is 10.4. The Balaban J connectivity index is 0.00000176. The number of carbonyl (C=O) groups excluding carboxylic acids is 1. The summed E-state index contributed by atoms with van der Waals surface area (Å²) < 4.78 is 0. The third kappa shape index (κ3) is 2.89. The Hall–Kier alpha value is -1.06. The maximum atomic E-state index is 13.3. The van der Waals surface area contributed by atoms with E-state index in [-0.39, 0.29) is 23.2 Å². The fourth-order valence-corrected chi connectivity index (χ4v) is 4.03. The minimum absolute atomic E-state index is 0. The number of rotatable bonds is 3. The molecular formula is C18H27ClN2O. The van der Waals surface area contributed by atoms with Crippen LogP contribution >= 0.6 is 12.4 Å². The smallest absolute Gasteiger partial charge is 0.233 e. The van der Waals surface area contributed by atoms with Gasteiger partial charge in [-0.2, -0.15) is 0 Å². The lowest BCUT2D eigenvalue weighted by atomic mass is 9.77. The Morgan fingerprint density at radius 1 is 1.18 bits per heavy atom. The average Bonchev–Trinajstić information content (AvgIpc) is 3.16. The molecule has 122 valence electrons. The molecule has 2 aliphatic rings. The minimum atomic E-state index is -0.277. The first-order valence-electron chi connectivity index (χ1n) is 8.15. The van der Waals surface area contributed by atoms with Crippen molar-refractivity contribution in [3.63, 3.8) is 0 Å². The van der Waals surface area contributed by atoms with Gasteiger partial charge in [0.25, 0.3) is 0 Å². The van der Waals surface area contributed by atoms with Crippen molar-refractivity contribution in [1.29, 1.82) is 0 Å². The molecule has 1 heterocycles. The lowest BCUT2D eigenvalue weighted by Gasteiger charge is -2.33. The Labute approximate surface area is 139 Å². The molecule has 0 spiro atoms. The summed E-state index contributed by atoms with van der Waals surface area (Å²) in [5.74, 6) is 0.336. The fraction of sp³-hybridized carbons (Fsp3) is 0.611. The van der Waals surface area contributed by atoms with E-state index in [4.69, 9.17) is 5.73 Å². The lowest BCUT2D eigenvalue weighted by Crippen LogP contribution is -2.45. The van der Waals surface area contributed by atoms with Gasteiger partial charge in [-0.05, 0) is 36.8 Å². The maximum Gasteiger partial charge on any atom is 0.233 e. The first-order chi connectivity index (χ1) is 10.1. The Kier molecular flexibility index (Phi) is 5.18. The highest BCUT2D eigenvalue weighted by molar-refractivity contribution is 5.89. The monoisotopic (exact) mass is 322 g/mol. The zero-order valence-corrected chi connectivity index (χ0v) is 14.2. The third-order valence-corrected chi connectivity index (χ3v) is 5.53. The maximum absolute atomic E-state index is 13.3. The number of hydrogen-bond acceptors (Lipinski definition) is 2. The molecule has 0 bridgehead atoms. The molecule has 1 aliphatic heterocycles. The van der Waals surface area contributed by atoms with Crippen LogP contribution < -0.4 is 5.73 Å². The molecule has 4 heteroatoms. The zero-order chi connectivity index (χ0) is 14.9. The van der Waals surface area contributed by atoms with Crippen LogP contribution in [0.3, 0.4) is 0 Å². The second-order valence-electron chi connectivity index (χ2n) is 7.15. The van der Waals surface area contributed by atoms with E-state index in [1.54, 1.807) is 0 Å². The summed E-state index contributed by atoms with van der Waals surface area (Å²) in [5.41, 5.74) is 6.92. The van der Waals surface area contributed by atoms with E-state index in [2.05, 4.69) is 36.1 Å². The zero-order valence-electron chi connectivity index (χ0n) is 13.4. The Bertz CT molecular complexity index is 513. The Morgan fingerprint density at radius 3 is 2.36 bits per heavy atom. The molecule has 3 rings (SSSR count). The molecule has 1 saturated carbocycles. The molecule has 2 fully saturated rings. The summed E-state index contributed by atoms with van der Waals surface area (Å²) in [6.45, 7) is 4.54. The fourth-order valence-electron chi connectivity index (χ4n) is 4.03. The van der Waals surface area contributed by atoms with Crippen LogP contribution in [0.5, 0.6) is 0 Å². The molecule has 1 aromatic carbocycles. The van der Waals surface area contributed by atoms with Crippen molar-refractivity contribution in [3.8, 4) is 0 Å². The van der Waals surface area contributed by atoms with Crippen molar-refractivity contribution in [2.24, 2.45) is 11.1 Å². The number of nitrogens with two attached hydrogens (primary N) is 1. The van der Waals surface area contributed by atoms with E-state index >= 15 is 0 Å². The summed E-state index contributed by atoms with van der Waals surface area (Å²) in [7, 11) is 0. The molecule has 1 aromatic rings. The lowest BCUT2D eigenvalue weighted by molar-refractivity contribution is -0.136. The number of carbonyl (C=O) groups is 1. The molecule has 3 nitrogen and oxygen atoms in total. The van der Waals surface area contributed by atoms with Gasteiger partial charge in [-0.3, -0.25) is 4.79 Å². The molecule has 1 atom stereocenters. The van der Waals surface area contributed by atoms with Crippen molar-refractivity contribution in [2.45, 2.75) is 44.4 Å². The van der Waals surface area contributed by atoms with Crippen LogP contribution in [0.2, 0.25) is 0 Å². The van der Waals surface area contributed by atoms with Gasteiger partial charge >= 0.3 is 0 Å². The topological polar surface area (TPSA) is 46.3 Å². The van der Waals surface area contributed by atoms with Crippen LogP contribution in [0.15, 0.2) is 30.3 Å². The van der Waals surface area contributed by atoms with E-state index in [1.165, 1.54) is 5.56 Å². The van der Waals surface area contributed by atoms with Crippen molar-refractivity contribution in [1.82, 2.24) is 4.90 Å². The summed E-state index contributed by atoms with van der Waals surface area (Å²) in [5, 5.41) is 0. The van der Waals surface area contributed by atoms with Gasteiger partial charge in [-0.25, -0.2) is 0 Å². The predicted molar refractivity (Wildman–Crippen MR) is 92.2 cm³/mol. The largest absolute Gasteiger partial charge is 0.341 e. The van der Waals surface area contributed by atoms with E-state index < -0.39 is 0 Å². The highest BCUT2D eigenvalue weighted by atomic mass is 35.5. The molecule has 1 amide bonds. The second-order valence-corrected chi connectivity index (χ2v) is 7.15. The van der Waals surface area contributed by atoms with Gasteiger partial charge in [-0.1, -0.05) is 50.1 Å². The summed E-state index contributed by atoms with van der Waals surface area (Å²) in [6.07, 6.45) is 5.32. The van der Waals surface area contributed by atoms with E-state index in [0.717, 1.165) is 45.2 Å². The molecule has 1 saturated heterocycles. The van der Waals surface area contributed by atoms with E-state index in [9.17, 15) is 4.79 Å². The normalized spacial score (nSPS) is 26.7. The summed E-state index contributed by atoms with van der Waals surface area (Å²) >= 11 is 0. The van der Waals surface area contributed by atoms with Gasteiger partial charge in [0.15, 0.2) is 0 Å². The number of amides is 1. The van der Waals surface area contributed by atoms with Crippen molar-refractivity contribution in [3.05, 3.63) is 35.9 Å². The first kappa shape index (κ1) is 17.3. The van der Waals surface area contributed by atoms with Gasteiger partial charge in [-0.15, -0.1) is 12.4 Å². The van der Waals surface area contributed by atoms with Crippen LogP contribution in [0.1, 0.15) is 44.6 Å². The minimum Gasteiger partial charge on any atom is -0.341 e. The standard InChI is InChI=1S/C18H26N2O.ClH/c1-17(13-19)11-12-20(14-17)16(21)18(9-5-6-10-18)15-7-3-2-4-8-15;/h2-4,7-8H,5-6,9-14,19H2,1H3;1H.